The molecule has 0 aromatic rings. The Balaban J connectivity index is 1.92. The second kappa shape index (κ2) is 6.58. The van der Waals surface area contributed by atoms with Crippen molar-refractivity contribution in [3.63, 3.8) is 0 Å². The maximum Gasteiger partial charge on any atom is 0.0126 e. The molecule has 17 heavy (non-hydrogen) atoms. The van der Waals surface area contributed by atoms with Crippen molar-refractivity contribution in [2.45, 2.75) is 76.8 Å². The first kappa shape index (κ1) is 13.1. The van der Waals surface area contributed by atoms with Crippen LogP contribution in [0.25, 0.3) is 0 Å². The van der Waals surface area contributed by atoms with E-state index < -0.39 is 0 Å². The lowest BCUT2D eigenvalue weighted by atomic mass is 9.78. The molecule has 1 nitrogen and oxygen atoms in total. The molecule has 2 aliphatic rings. The van der Waals surface area contributed by atoms with Crippen LogP contribution in [0.3, 0.4) is 0 Å². The van der Waals surface area contributed by atoms with E-state index in [1.54, 1.807) is 0 Å². The van der Waals surface area contributed by atoms with Gasteiger partial charge in [0.25, 0.3) is 0 Å². The number of allylic oxidation sites excluding steroid dienone is 1. The summed E-state index contributed by atoms with van der Waals surface area (Å²) in [5.74, 6) is 0.992. The van der Waals surface area contributed by atoms with Crippen molar-refractivity contribution in [3.05, 3.63) is 12.7 Å². The Morgan fingerprint density at radius 3 is 2.88 bits per heavy atom. The van der Waals surface area contributed by atoms with Gasteiger partial charge in [0.2, 0.25) is 0 Å². The molecule has 2 aliphatic heterocycles. The van der Waals surface area contributed by atoms with Crippen LogP contribution in [-0.4, -0.2) is 23.5 Å². The van der Waals surface area contributed by atoms with Crippen LogP contribution in [0.1, 0.15) is 64.7 Å². The maximum atomic E-state index is 3.84. The van der Waals surface area contributed by atoms with Gasteiger partial charge in [0.1, 0.15) is 0 Å². The van der Waals surface area contributed by atoms with E-state index in [0.717, 1.165) is 18.0 Å². The quantitative estimate of drug-likeness (QED) is 0.505. The molecule has 2 fully saturated rings. The van der Waals surface area contributed by atoms with E-state index in [9.17, 15) is 0 Å². The van der Waals surface area contributed by atoms with Gasteiger partial charge in [-0.25, -0.2) is 0 Å². The summed E-state index contributed by atoms with van der Waals surface area (Å²) >= 11 is 0. The van der Waals surface area contributed by atoms with Gasteiger partial charge in [0.05, 0.1) is 0 Å². The van der Waals surface area contributed by atoms with E-state index in [0.29, 0.717) is 0 Å². The molecule has 0 aliphatic carbocycles. The highest BCUT2D eigenvalue weighted by atomic mass is 15.2. The molecule has 0 bridgehead atoms. The van der Waals surface area contributed by atoms with Gasteiger partial charge in [-0.3, -0.25) is 4.90 Å². The summed E-state index contributed by atoms with van der Waals surface area (Å²) < 4.78 is 0. The fourth-order valence-corrected chi connectivity index (χ4v) is 3.99. The molecule has 0 aromatic carbocycles. The molecular weight excluding hydrogens is 206 g/mol. The third-order valence-electron chi connectivity index (χ3n) is 4.95. The molecule has 2 heterocycles. The summed E-state index contributed by atoms with van der Waals surface area (Å²) in [6, 6.07) is 1.82. The fourth-order valence-electron chi connectivity index (χ4n) is 3.99. The van der Waals surface area contributed by atoms with Crippen molar-refractivity contribution in [3.8, 4) is 0 Å². The Kier molecular flexibility index (Phi) is 5.09. The first-order chi connectivity index (χ1) is 8.36. The van der Waals surface area contributed by atoms with Crippen LogP contribution < -0.4 is 0 Å². The second-order valence-corrected chi connectivity index (χ2v) is 5.92. The zero-order valence-electron chi connectivity index (χ0n) is 11.5. The van der Waals surface area contributed by atoms with Gasteiger partial charge in [-0.05, 0) is 57.4 Å². The van der Waals surface area contributed by atoms with Crippen molar-refractivity contribution in [2.24, 2.45) is 5.92 Å². The Morgan fingerprint density at radius 2 is 2.12 bits per heavy atom. The van der Waals surface area contributed by atoms with Crippen molar-refractivity contribution in [2.75, 3.05) is 6.54 Å². The molecule has 1 heteroatoms. The number of piperidine rings is 2. The number of unbranched alkanes of at least 4 members (excludes halogenated alkanes) is 1. The first-order valence-electron chi connectivity index (χ1n) is 7.73. The molecule has 0 radical (unpaired) electrons. The van der Waals surface area contributed by atoms with Crippen LogP contribution in [0, 0.1) is 5.92 Å². The minimum absolute atomic E-state index is 0.892. The van der Waals surface area contributed by atoms with Crippen molar-refractivity contribution in [1.29, 1.82) is 0 Å². The molecule has 3 atom stereocenters. The van der Waals surface area contributed by atoms with Crippen molar-refractivity contribution >= 4 is 0 Å². The predicted molar refractivity (Wildman–Crippen MR) is 75.2 cm³/mol. The molecule has 0 N–H and O–H groups in total. The van der Waals surface area contributed by atoms with Crippen LogP contribution in [0.4, 0.5) is 0 Å². The van der Waals surface area contributed by atoms with Gasteiger partial charge < -0.3 is 0 Å². The molecule has 2 saturated heterocycles. The summed E-state index contributed by atoms with van der Waals surface area (Å²) in [6.07, 6.45) is 14.7. The summed E-state index contributed by atoms with van der Waals surface area (Å²) in [5, 5.41) is 0. The van der Waals surface area contributed by atoms with E-state index >= 15 is 0 Å². The molecule has 0 saturated carbocycles. The number of fused-ring (bicyclic) bond motifs is 1. The Morgan fingerprint density at radius 1 is 1.24 bits per heavy atom. The Hall–Kier alpha value is -0.300. The zero-order chi connectivity index (χ0) is 12.1. The van der Waals surface area contributed by atoms with E-state index in [1.807, 2.05) is 0 Å². The van der Waals surface area contributed by atoms with E-state index in [1.165, 1.54) is 64.3 Å². The summed E-state index contributed by atoms with van der Waals surface area (Å²) in [4.78, 5) is 2.88. The van der Waals surface area contributed by atoms with Gasteiger partial charge in [-0.15, -0.1) is 6.58 Å². The highest BCUT2D eigenvalue weighted by Crippen LogP contribution is 2.37. The number of nitrogens with zero attached hydrogens (tertiary/aromatic N) is 1. The van der Waals surface area contributed by atoms with Crippen LogP contribution in [-0.2, 0) is 0 Å². The maximum absolute atomic E-state index is 3.84. The van der Waals surface area contributed by atoms with Crippen LogP contribution in [0.2, 0.25) is 0 Å². The average molecular weight is 235 g/mol. The molecule has 0 amide bonds. The largest absolute Gasteiger partial charge is 0.297 e. The van der Waals surface area contributed by atoms with E-state index in [-0.39, 0.29) is 0 Å². The second-order valence-electron chi connectivity index (χ2n) is 5.92. The highest BCUT2D eigenvalue weighted by Gasteiger charge is 2.36. The molecule has 98 valence electrons. The Bertz CT molecular complexity index is 236. The topological polar surface area (TPSA) is 3.24 Å². The van der Waals surface area contributed by atoms with Crippen molar-refractivity contribution in [1.82, 2.24) is 4.90 Å². The lowest BCUT2D eigenvalue weighted by Gasteiger charge is -2.49. The van der Waals surface area contributed by atoms with E-state index in [4.69, 9.17) is 0 Å². The third-order valence-corrected chi connectivity index (χ3v) is 4.95. The molecular formula is C16H29N. The standard InChI is InChI=1S/C16H29N/c1-3-5-6-9-15-12-11-14(4-2)16-10-7-8-13-17(15)16/h3,14-16H,1,4-13H2,2H3/t14-,15-,16+/m1/s1. The fraction of sp³-hybridized carbons (Fsp3) is 0.875. The average Bonchev–Trinajstić information content (AvgIpc) is 2.39. The van der Waals surface area contributed by atoms with Gasteiger partial charge in [-0.1, -0.05) is 25.8 Å². The van der Waals surface area contributed by atoms with Crippen LogP contribution in [0.15, 0.2) is 12.7 Å². The molecule has 0 spiro atoms. The molecule has 2 rings (SSSR count). The minimum atomic E-state index is 0.892. The smallest absolute Gasteiger partial charge is 0.0126 e. The number of rotatable bonds is 5. The van der Waals surface area contributed by atoms with Gasteiger partial charge in [0, 0.05) is 12.1 Å². The third kappa shape index (κ3) is 3.13. The Labute approximate surface area is 107 Å². The highest BCUT2D eigenvalue weighted by molar-refractivity contribution is 4.92. The summed E-state index contributed by atoms with van der Waals surface area (Å²) in [6.45, 7) is 7.60. The zero-order valence-corrected chi connectivity index (χ0v) is 11.5. The van der Waals surface area contributed by atoms with Gasteiger partial charge >= 0.3 is 0 Å². The van der Waals surface area contributed by atoms with Crippen LogP contribution in [0.5, 0.6) is 0 Å². The molecule has 0 aromatic heterocycles. The van der Waals surface area contributed by atoms with E-state index in [2.05, 4.69) is 24.5 Å². The first-order valence-corrected chi connectivity index (χ1v) is 7.73. The SMILES string of the molecule is C=CCCC[C@@H]1CC[C@@H](CC)[C@@H]2CCCCN12. The van der Waals surface area contributed by atoms with Crippen molar-refractivity contribution < 1.29 is 0 Å². The normalized spacial score (nSPS) is 34.3. The molecule has 0 unspecified atom stereocenters. The summed E-state index contributed by atoms with van der Waals surface area (Å²) in [7, 11) is 0. The monoisotopic (exact) mass is 235 g/mol. The predicted octanol–water partition coefficient (Wildman–Crippen LogP) is 4.39. The lowest BCUT2D eigenvalue weighted by molar-refractivity contribution is 0.00663. The minimum Gasteiger partial charge on any atom is -0.297 e. The number of hydrogen-bond donors (Lipinski definition) is 0. The van der Waals surface area contributed by atoms with Gasteiger partial charge in [-0.2, -0.15) is 0 Å². The lowest BCUT2D eigenvalue weighted by Crippen LogP contribution is -2.53. The van der Waals surface area contributed by atoms with Gasteiger partial charge in [0.15, 0.2) is 0 Å². The van der Waals surface area contributed by atoms with Crippen LogP contribution >= 0.6 is 0 Å². The summed E-state index contributed by atoms with van der Waals surface area (Å²) in [5.41, 5.74) is 0. The number of hydrogen-bond acceptors (Lipinski definition) is 1.